The number of aliphatic carboxylic acids is 1. The van der Waals surface area contributed by atoms with Gasteiger partial charge in [-0.15, -0.1) is 0 Å². The highest BCUT2D eigenvalue weighted by Crippen LogP contribution is 2.39. The van der Waals surface area contributed by atoms with Crippen LogP contribution in [0, 0.1) is 17.3 Å². The summed E-state index contributed by atoms with van der Waals surface area (Å²) in [5, 5.41) is 8.78. The Kier molecular flexibility index (Phi) is 5.70. The molecule has 1 heterocycles. The predicted molar refractivity (Wildman–Crippen MR) is 86.4 cm³/mol. The summed E-state index contributed by atoms with van der Waals surface area (Å²) in [6, 6.07) is 0.795. The maximum atomic E-state index is 10.7. The number of nitrogens with zero attached hydrogens (tertiary/aromatic N) is 1. The molecule has 0 bridgehead atoms. The molecule has 0 aromatic rings. The Morgan fingerprint density at radius 3 is 2.10 bits per heavy atom. The molecule has 21 heavy (non-hydrogen) atoms. The fourth-order valence-electron chi connectivity index (χ4n) is 4.24. The van der Waals surface area contributed by atoms with Crippen molar-refractivity contribution in [1.82, 2.24) is 4.90 Å². The Labute approximate surface area is 130 Å². The van der Waals surface area contributed by atoms with Gasteiger partial charge in [0.25, 0.3) is 0 Å². The zero-order valence-corrected chi connectivity index (χ0v) is 14.1. The average Bonchev–Trinajstić information content (AvgIpc) is 2.45. The van der Waals surface area contributed by atoms with Crippen molar-refractivity contribution in [2.24, 2.45) is 17.3 Å². The fourth-order valence-corrected chi connectivity index (χ4v) is 4.24. The van der Waals surface area contributed by atoms with E-state index in [4.69, 9.17) is 5.11 Å². The van der Waals surface area contributed by atoms with Gasteiger partial charge in [0, 0.05) is 12.5 Å². The van der Waals surface area contributed by atoms with Crippen molar-refractivity contribution >= 4 is 5.97 Å². The zero-order valence-electron chi connectivity index (χ0n) is 14.1. The third-order valence-electron chi connectivity index (χ3n) is 5.85. The number of carbonyl (C=O) groups is 1. The number of hydrogen-bond acceptors (Lipinski definition) is 2. The maximum absolute atomic E-state index is 10.7. The van der Waals surface area contributed by atoms with Gasteiger partial charge in [0.15, 0.2) is 0 Å². The second kappa shape index (κ2) is 7.13. The molecule has 0 aromatic carbocycles. The fraction of sp³-hybridized carbons (Fsp3) is 0.944. The number of piperidine rings is 1. The van der Waals surface area contributed by atoms with Crippen molar-refractivity contribution in [2.45, 2.75) is 78.2 Å². The van der Waals surface area contributed by atoms with Crippen LogP contribution in [-0.4, -0.2) is 35.1 Å². The van der Waals surface area contributed by atoms with Crippen molar-refractivity contribution in [1.29, 1.82) is 0 Å². The Morgan fingerprint density at radius 2 is 1.62 bits per heavy atom. The summed E-state index contributed by atoms with van der Waals surface area (Å²) in [6.07, 6.45) is 9.12. The van der Waals surface area contributed by atoms with Gasteiger partial charge >= 0.3 is 5.97 Å². The zero-order chi connectivity index (χ0) is 15.5. The smallest absolute Gasteiger partial charge is 0.303 e. The number of rotatable bonds is 4. The minimum atomic E-state index is -0.641. The molecule has 0 unspecified atom stereocenters. The SMILES string of the molecule is CC(C)(C)C1CCC(N2CCC(CCC(=O)O)CC2)CC1. The molecule has 0 spiro atoms. The highest BCUT2D eigenvalue weighted by Gasteiger charge is 2.33. The molecular weight excluding hydrogens is 262 g/mol. The van der Waals surface area contributed by atoms with Crippen LogP contribution < -0.4 is 0 Å². The van der Waals surface area contributed by atoms with Gasteiger partial charge in [-0.05, 0) is 75.3 Å². The minimum absolute atomic E-state index is 0.349. The standard InChI is InChI=1S/C18H33NO2/c1-18(2,3)15-5-7-16(8-6-15)19-12-10-14(11-13-19)4-9-17(20)21/h14-16H,4-13H2,1-3H3,(H,20,21). The number of likely N-dealkylation sites (tertiary alicyclic amines) is 1. The van der Waals surface area contributed by atoms with E-state index in [0.717, 1.165) is 18.4 Å². The van der Waals surface area contributed by atoms with E-state index in [1.165, 1.54) is 51.6 Å². The van der Waals surface area contributed by atoms with E-state index in [0.29, 0.717) is 17.8 Å². The second-order valence-corrected chi connectivity index (χ2v) is 8.28. The molecule has 1 N–H and O–H groups in total. The number of carboxylic acid groups (broad SMARTS) is 1. The van der Waals surface area contributed by atoms with Gasteiger partial charge in [-0.25, -0.2) is 0 Å². The molecule has 3 nitrogen and oxygen atoms in total. The molecule has 2 rings (SSSR count). The summed E-state index contributed by atoms with van der Waals surface area (Å²) in [5.41, 5.74) is 0.467. The molecule has 2 aliphatic rings. The first-order valence-electron chi connectivity index (χ1n) is 8.82. The van der Waals surface area contributed by atoms with Crippen LogP contribution in [0.4, 0.5) is 0 Å². The molecule has 122 valence electrons. The van der Waals surface area contributed by atoms with Crippen LogP contribution in [0.15, 0.2) is 0 Å². The van der Waals surface area contributed by atoms with Crippen LogP contribution in [0.5, 0.6) is 0 Å². The lowest BCUT2D eigenvalue weighted by Crippen LogP contribution is -2.44. The van der Waals surface area contributed by atoms with Crippen LogP contribution >= 0.6 is 0 Å². The van der Waals surface area contributed by atoms with E-state index >= 15 is 0 Å². The van der Waals surface area contributed by atoms with Gasteiger partial charge in [-0.1, -0.05) is 20.8 Å². The molecular formula is C18H33NO2. The second-order valence-electron chi connectivity index (χ2n) is 8.28. The summed E-state index contributed by atoms with van der Waals surface area (Å²) < 4.78 is 0. The van der Waals surface area contributed by atoms with E-state index in [-0.39, 0.29) is 0 Å². The first-order chi connectivity index (χ1) is 9.86. The Morgan fingerprint density at radius 1 is 1.05 bits per heavy atom. The third kappa shape index (κ3) is 4.98. The average molecular weight is 295 g/mol. The van der Waals surface area contributed by atoms with E-state index in [9.17, 15) is 4.79 Å². The third-order valence-corrected chi connectivity index (χ3v) is 5.85. The Bertz CT molecular complexity index is 332. The maximum Gasteiger partial charge on any atom is 0.303 e. The Hall–Kier alpha value is -0.570. The van der Waals surface area contributed by atoms with E-state index in [2.05, 4.69) is 25.7 Å². The number of hydrogen-bond donors (Lipinski definition) is 1. The molecule has 1 aliphatic heterocycles. The van der Waals surface area contributed by atoms with E-state index < -0.39 is 5.97 Å². The molecule has 2 fully saturated rings. The van der Waals surface area contributed by atoms with Gasteiger partial charge in [0.1, 0.15) is 0 Å². The minimum Gasteiger partial charge on any atom is -0.481 e. The predicted octanol–water partition coefficient (Wildman–Crippen LogP) is 4.17. The highest BCUT2D eigenvalue weighted by molar-refractivity contribution is 5.66. The van der Waals surface area contributed by atoms with Crippen LogP contribution in [-0.2, 0) is 4.79 Å². The van der Waals surface area contributed by atoms with Crippen molar-refractivity contribution in [3.05, 3.63) is 0 Å². The van der Waals surface area contributed by atoms with Gasteiger partial charge in [-0.2, -0.15) is 0 Å². The van der Waals surface area contributed by atoms with Crippen LogP contribution in [0.3, 0.4) is 0 Å². The van der Waals surface area contributed by atoms with Gasteiger partial charge in [0.2, 0.25) is 0 Å². The highest BCUT2D eigenvalue weighted by atomic mass is 16.4. The molecule has 1 saturated heterocycles. The van der Waals surface area contributed by atoms with Crippen molar-refractivity contribution in [2.75, 3.05) is 13.1 Å². The molecule has 0 radical (unpaired) electrons. The van der Waals surface area contributed by atoms with Crippen molar-refractivity contribution in [3.63, 3.8) is 0 Å². The topological polar surface area (TPSA) is 40.5 Å². The summed E-state index contributed by atoms with van der Waals surface area (Å²) in [7, 11) is 0. The normalized spacial score (nSPS) is 29.5. The summed E-state index contributed by atoms with van der Waals surface area (Å²) in [4.78, 5) is 13.3. The number of carboxylic acids is 1. The molecule has 1 saturated carbocycles. The largest absolute Gasteiger partial charge is 0.481 e. The monoisotopic (exact) mass is 295 g/mol. The van der Waals surface area contributed by atoms with Crippen molar-refractivity contribution < 1.29 is 9.90 Å². The van der Waals surface area contributed by atoms with Crippen LogP contribution in [0.25, 0.3) is 0 Å². The molecule has 0 aromatic heterocycles. The quantitative estimate of drug-likeness (QED) is 0.846. The molecule has 0 amide bonds. The lowest BCUT2D eigenvalue weighted by molar-refractivity contribution is -0.137. The first kappa shape index (κ1) is 16.8. The molecule has 0 atom stereocenters. The van der Waals surface area contributed by atoms with Crippen LogP contribution in [0.2, 0.25) is 0 Å². The summed E-state index contributed by atoms with van der Waals surface area (Å²) >= 11 is 0. The van der Waals surface area contributed by atoms with E-state index in [1.807, 2.05) is 0 Å². The lowest BCUT2D eigenvalue weighted by atomic mass is 9.71. The van der Waals surface area contributed by atoms with Crippen molar-refractivity contribution in [3.8, 4) is 0 Å². The van der Waals surface area contributed by atoms with Gasteiger partial charge < -0.3 is 10.0 Å². The lowest BCUT2D eigenvalue weighted by Gasteiger charge is -2.43. The summed E-state index contributed by atoms with van der Waals surface area (Å²) in [5.74, 6) is 0.892. The summed E-state index contributed by atoms with van der Waals surface area (Å²) in [6.45, 7) is 9.52. The van der Waals surface area contributed by atoms with E-state index in [1.54, 1.807) is 0 Å². The van der Waals surface area contributed by atoms with Gasteiger partial charge in [-0.3, -0.25) is 4.79 Å². The molecule has 3 heteroatoms. The first-order valence-corrected chi connectivity index (χ1v) is 8.82. The molecule has 1 aliphatic carbocycles. The Balaban J connectivity index is 1.70. The van der Waals surface area contributed by atoms with Crippen LogP contribution in [0.1, 0.15) is 72.1 Å². The van der Waals surface area contributed by atoms with Gasteiger partial charge in [0.05, 0.1) is 0 Å².